The van der Waals surface area contributed by atoms with Crippen LogP contribution in [0.15, 0.2) is 36.4 Å². The number of phenolic OH excluding ortho intramolecular Hbond substituents is 1. The molecule has 3 unspecified atom stereocenters. The van der Waals surface area contributed by atoms with Gasteiger partial charge in [-0.2, -0.15) is 0 Å². The van der Waals surface area contributed by atoms with Crippen LogP contribution in [0.5, 0.6) is 23.0 Å². The third-order valence-corrected chi connectivity index (χ3v) is 7.13. The number of aromatic hydroxyl groups is 1. The maximum Gasteiger partial charge on any atom is 0.229 e. The minimum absolute atomic E-state index is 0.0387. The van der Waals surface area contributed by atoms with Gasteiger partial charge in [0.1, 0.15) is 24.4 Å². The summed E-state index contributed by atoms with van der Waals surface area (Å²) < 4.78 is 27.6. The number of hydrogen-bond donors (Lipinski definition) is 7. The summed E-state index contributed by atoms with van der Waals surface area (Å²) in [7, 11) is 2.82. The van der Waals surface area contributed by atoms with Crippen LogP contribution in [-0.2, 0) is 15.9 Å². The molecule has 0 radical (unpaired) electrons. The van der Waals surface area contributed by atoms with Gasteiger partial charge in [-0.1, -0.05) is 12.1 Å². The van der Waals surface area contributed by atoms with Gasteiger partial charge in [0.15, 0.2) is 23.0 Å². The van der Waals surface area contributed by atoms with Crippen LogP contribution in [0.2, 0.25) is 0 Å². The van der Waals surface area contributed by atoms with Crippen molar-refractivity contribution < 1.29 is 59.4 Å². The summed E-state index contributed by atoms with van der Waals surface area (Å²) in [5.41, 5.74) is -0.165. The van der Waals surface area contributed by atoms with E-state index < -0.39 is 54.9 Å². The number of benzene rings is 2. The van der Waals surface area contributed by atoms with Gasteiger partial charge in [-0.3, -0.25) is 0 Å². The molecule has 0 bridgehead atoms. The van der Waals surface area contributed by atoms with Crippen LogP contribution < -0.4 is 14.2 Å². The fourth-order valence-corrected chi connectivity index (χ4v) is 4.95. The smallest absolute Gasteiger partial charge is 0.229 e. The van der Waals surface area contributed by atoms with Gasteiger partial charge in [0.2, 0.25) is 6.29 Å². The highest BCUT2D eigenvalue weighted by Gasteiger charge is 2.49. The molecule has 2 heterocycles. The highest BCUT2D eigenvalue weighted by molar-refractivity contribution is 5.45. The number of aliphatic hydroxyl groups excluding tert-OH is 5. The second-order valence-corrected chi connectivity index (χ2v) is 9.53. The minimum Gasteiger partial charge on any atom is -0.504 e. The normalized spacial score (nSPS) is 33.2. The topological polar surface area (TPSA) is 188 Å². The van der Waals surface area contributed by atoms with Crippen molar-refractivity contribution in [1.82, 2.24) is 0 Å². The molecule has 4 rings (SSSR count). The van der Waals surface area contributed by atoms with Crippen molar-refractivity contribution in [3.05, 3.63) is 47.5 Å². The first kappa shape index (κ1) is 28.3. The van der Waals surface area contributed by atoms with Gasteiger partial charge in [0.05, 0.1) is 45.7 Å². The largest absolute Gasteiger partial charge is 0.504 e. The van der Waals surface area contributed by atoms with E-state index in [9.17, 15) is 35.7 Å². The van der Waals surface area contributed by atoms with Gasteiger partial charge < -0.3 is 59.4 Å². The van der Waals surface area contributed by atoms with Gasteiger partial charge in [0.25, 0.3) is 0 Å². The fraction of sp³-hybridized carbons (Fsp3) is 0.538. The van der Waals surface area contributed by atoms with E-state index in [0.29, 0.717) is 11.1 Å². The number of aliphatic hydroxyl groups is 6. The Morgan fingerprint density at radius 3 is 2.29 bits per heavy atom. The van der Waals surface area contributed by atoms with E-state index in [1.807, 2.05) is 0 Å². The molecule has 210 valence electrons. The first-order chi connectivity index (χ1) is 18.1. The first-order valence-corrected chi connectivity index (χ1v) is 12.1. The van der Waals surface area contributed by atoms with Crippen molar-refractivity contribution in [3.8, 4) is 23.0 Å². The van der Waals surface area contributed by atoms with Crippen LogP contribution in [0.1, 0.15) is 17.2 Å². The molecule has 0 aliphatic carbocycles. The molecule has 0 saturated carbocycles. The van der Waals surface area contributed by atoms with E-state index >= 15 is 0 Å². The molecule has 2 aliphatic heterocycles. The zero-order chi connectivity index (χ0) is 27.6. The van der Waals surface area contributed by atoms with E-state index in [2.05, 4.69) is 0 Å². The zero-order valence-electron chi connectivity index (χ0n) is 21.0. The number of methoxy groups -OCH3 is 2. The van der Waals surface area contributed by atoms with E-state index in [0.717, 1.165) is 0 Å². The first-order valence-electron chi connectivity index (χ1n) is 12.1. The van der Waals surface area contributed by atoms with Gasteiger partial charge in [-0.25, -0.2) is 0 Å². The Bertz CT molecular complexity index is 1090. The summed E-state index contributed by atoms with van der Waals surface area (Å²) in [6, 6.07) is 9.51. The molecule has 7 N–H and O–H groups in total. The monoisotopic (exact) mass is 538 g/mol. The zero-order valence-corrected chi connectivity index (χ0v) is 21.0. The standard InChI is InChI=1S/C26H34O12/c1-34-18-8-14(4-5-16(18)29)24-15(10-27)26(33,12-36-24)9-13-3-6-17(19(7-13)35-2)37-25-23(32)22(31)21(30)20(11-28)38-25/h3-8,15,20-25,27-33H,9-12H2,1-2H3/t15?,20-,21-,22+,23-,24?,25-,26?/m1/s1. The van der Waals surface area contributed by atoms with Gasteiger partial charge in [-0.15, -0.1) is 0 Å². The Kier molecular flexibility index (Phi) is 8.65. The summed E-state index contributed by atoms with van der Waals surface area (Å²) in [5.74, 6) is -0.0840. The number of hydrogen-bond acceptors (Lipinski definition) is 12. The minimum atomic E-state index is -1.59. The highest BCUT2D eigenvalue weighted by atomic mass is 16.7. The maximum atomic E-state index is 11.5. The number of rotatable bonds is 9. The molecular formula is C26H34O12. The lowest BCUT2D eigenvalue weighted by Crippen LogP contribution is -2.60. The molecule has 12 heteroatoms. The molecule has 2 aromatic carbocycles. The molecule has 38 heavy (non-hydrogen) atoms. The Labute approximate surface area is 219 Å². The fourth-order valence-electron chi connectivity index (χ4n) is 4.95. The molecule has 2 saturated heterocycles. The summed E-state index contributed by atoms with van der Waals surface area (Å²) in [5, 5.41) is 71.2. The predicted molar refractivity (Wildman–Crippen MR) is 130 cm³/mol. The van der Waals surface area contributed by atoms with Gasteiger partial charge in [-0.05, 0) is 35.4 Å². The molecule has 0 aromatic heterocycles. The van der Waals surface area contributed by atoms with Crippen molar-refractivity contribution >= 4 is 0 Å². The van der Waals surface area contributed by atoms with Crippen LogP contribution >= 0.6 is 0 Å². The molecule has 8 atom stereocenters. The van der Waals surface area contributed by atoms with Crippen LogP contribution in [0.4, 0.5) is 0 Å². The molecule has 12 nitrogen and oxygen atoms in total. The summed E-state index contributed by atoms with van der Waals surface area (Å²) in [4.78, 5) is 0. The van der Waals surface area contributed by atoms with Crippen LogP contribution in [-0.4, -0.2) is 106 Å². The average molecular weight is 539 g/mol. The van der Waals surface area contributed by atoms with Crippen molar-refractivity contribution in [2.24, 2.45) is 5.92 Å². The average Bonchev–Trinajstić information content (AvgIpc) is 3.25. The van der Waals surface area contributed by atoms with Crippen LogP contribution in [0.3, 0.4) is 0 Å². The van der Waals surface area contributed by atoms with Crippen molar-refractivity contribution in [2.75, 3.05) is 34.0 Å². The Balaban J connectivity index is 1.52. The molecule has 0 spiro atoms. The Hall–Kier alpha value is -2.68. The quantitative estimate of drug-likeness (QED) is 0.212. The van der Waals surface area contributed by atoms with E-state index in [1.165, 1.54) is 26.4 Å². The number of phenols is 1. The third-order valence-electron chi connectivity index (χ3n) is 7.13. The Morgan fingerprint density at radius 2 is 1.63 bits per heavy atom. The van der Waals surface area contributed by atoms with Crippen molar-refractivity contribution in [3.63, 3.8) is 0 Å². The lowest BCUT2D eigenvalue weighted by molar-refractivity contribution is -0.277. The van der Waals surface area contributed by atoms with Crippen molar-refractivity contribution in [2.45, 2.75) is 48.8 Å². The van der Waals surface area contributed by atoms with Gasteiger partial charge >= 0.3 is 0 Å². The second kappa shape index (κ2) is 11.6. The summed E-state index contributed by atoms with van der Waals surface area (Å²) in [6.45, 7) is -1.01. The second-order valence-electron chi connectivity index (χ2n) is 9.53. The van der Waals surface area contributed by atoms with E-state index in [4.69, 9.17) is 23.7 Å². The van der Waals surface area contributed by atoms with E-state index in [-0.39, 0.29) is 42.6 Å². The van der Waals surface area contributed by atoms with Gasteiger partial charge in [0, 0.05) is 12.3 Å². The molecule has 2 aromatic rings. The summed E-state index contributed by atoms with van der Waals surface area (Å²) in [6.07, 6.45) is -7.76. The highest BCUT2D eigenvalue weighted by Crippen LogP contribution is 2.44. The van der Waals surface area contributed by atoms with Crippen molar-refractivity contribution in [1.29, 1.82) is 0 Å². The predicted octanol–water partition coefficient (Wildman–Crippen LogP) is -0.758. The molecular weight excluding hydrogens is 504 g/mol. The van der Waals surface area contributed by atoms with Crippen LogP contribution in [0.25, 0.3) is 0 Å². The SMILES string of the molecule is COc1cc(C2OCC(O)(Cc3ccc(O[C@@H]4O[C@H](CO)[C@@H](O)[C@H](O)[C@H]4O)c(OC)c3)C2CO)ccc1O. The van der Waals surface area contributed by atoms with E-state index in [1.54, 1.807) is 24.3 Å². The Morgan fingerprint density at radius 1 is 0.895 bits per heavy atom. The third kappa shape index (κ3) is 5.40. The maximum absolute atomic E-state index is 11.5. The molecule has 2 aliphatic rings. The lowest BCUT2D eigenvalue weighted by Gasteiger charge is -2.39. The number of ether oxygens (including phenoxy) is 5. The summed E-state index contributed by atoms with van der Waals surface area (Å²) >= 11 is 0. The lowest BCUT2D eigenvalue weighted by atomic mass is 9.80. The molecule has 2 fully saturated rings. The molecule has 0 amide bonds. The van der Waals surface area contributed by atoms with Crippen LogP contribution in [0, 0.1) is 5.92 Å².